The third kappa shape index (κ3) is 4.23. The van der Waals surface area contributed by atoms with Crippen molar-refractivity contribution in [3.05, 3.63) is 0 Å². The average molecular weight is 310 g/mol. The quantitative estimate of drug-likeness (QED) is 0.408. The smallest absolute Gasteiger partial charge is 0.442 e. The van der Waals surface area contributed by atoms with Crippen LogP contribution in [0.2, 0.25) is 0 Å². The summed E-state index contributed by atoms with van der Waals surface area (Å²) in [5.74, 6) is -10.7. The Morgan fingerprint density at radius 1 is 1.15 bits per heavy atom. The van der Waals surface area contributed by atoms with Crippen molar-refractivity contribution in [2.45, 2.75) is 30.7 Å². The van der Waals surface area contributed by atoms with Crippen LogP contribution >= 0.6 is 0 Å². The third-order valence-corrected chi connectivity index (χ3v) is 2.57. The number of carbonyl (C=O) groups is 1. The van der Waals surface area contributed by atoms with Gasteiger partial charge in [-0.05, 0) is 27.1 Å². The highest BCUT2D eigenvalue weighted by Crippen LogP contribution is 2.46. The van der Waals surface area contributed by atoms with E-state index in [2.05, 4.69) is 0 Å². The summed E-state index contributed by atoms with van der Waals surface area (Å²) < 4.78 is 78.3. The van der Waals surface area contributed by atoms with Gasteiger partial charge >= 0.3 is 23.9 Å². The van der Waals surface area contributed by atoms with Crippen LogP contribution < -0.4 is 5.32 Å². The second-order valence-corrected chi connectivity index (χ2v) is 4.39. The van der Waals surface area contributed by atoms with Crippen LogP contribution in [-0.2, 0) is 4.79 Å². The summed E-state index contributed by atoms with van der Waals surface area (Å²) in [6, 6.07) is 0. The van der Waals surface area contributed by atoms with Gasteiger partial charge in [0.1, 0.15) is 0 Å². The first-order valence-corrected chi connectivity index (χ1v) is 5.59. The van der Waals surface area contributed by atoms with Gasteiger partial charge in [-0.3, -0.25) is 9.69 Å². The molecule has 0 heterocycles. The lowest BCUT2D eigenvalue weighted by Gasteiger charge is -2.39. The van der Waals surface area contributed by atoms with E-state index in [4.69, 9.17) is 5.11 Å². The summed E-state index contributed by atoms with van der Waals surface area (Å²) in [6.45, 7) is -1.82. The van der Waals surface area contributed by atoms with Crippen molar-refractivity contribution in [3.63, 3.8) is 0 Å². The molecule has 0 aromatic carbocycles. The van der Waals surface area contributed by atoms with Crippen LogP contribution in [0, 0.1) is 0 Å². The van der Waals surface area contributed by atoms with Crippen molar-refractivity contribution in [3.8, 4) is 0 Å². The normalized spacial score (nSPS) is 16.2. The molecule has 0 aliphatic heterocycles. The van der Waals surface area contributed by atoms with Crippen molar-refractivity contribution in [1.29, 1.82) is 0 Å². The van der Waals surface area contributed by atoms with E-state index in [1.165, 1.54) is 0 Å². The molecule has 0 saturated carbocycles. The minimum absolute atomic E-state index is 0.0569. The molecule has 10 heteroatoms. The highest BCUT2D eigenvalue weighted by atomic mass is 19.4. The Morgan fingerprint density at radius 2 is 1.65 bits per heavy atom. The Morgan fingerprint density at radius 3 is 2.00 bits per heavy atom. The zero-order valence-corrected chi connectivity index (χ0v) is 10.9. The second-order valence-electron chi connectivity index (χ2n) is 4.39. The first kappa shape index (κ1) is 19.0. The molecule has 0 aromatic heterocycles. The Labute approximate surface area is 111 Å². The van der Waals surface area contributed by atoms with E-state index in [0.29, 0.717) is 14.1 Å². The van der Waals surface area contributed by atoms with Crippen LogP contribution in [0.5, 0.6) is 0 Å². The Bertz CT molecular complexity index is 334. The van der Waals surface area contributed by atoms with E-state index in [9.17, 15) is 31.1 Å². The van der Waals surface area contributed by atoms with Crippen LogP contribution in [-0.4, -0.2) is 61.1 Å². The van der Waals surface area contributed by atoms with Crippen molar-refractivity contribution >= 4 is 5.97 Å². The maximum Gasteiger partial charge on any atom is 0.442 e. The summed E-state index contributed by atoms with van der Waals surface area (Å²) >= 11 is 0. The molecule has 0 rings (SSSR count). The number of carboxylic acid groups (broad SMARTS) is 1. The van der Waals surface area contributed by atoms with Crippen LogP contribution in [0.3, 0.4) is 0 Å². The maximum absolute atomic E-state index is 13.8. The fourth-order valence-electron chi connectivity index (χ4n) is 1.52. The number of nitrogens with zero attached hydrogens (tertiary/aromatic N) is 1. The van der Waals surface area contributed by atoms with Crippen LogP contribution in [0.25, 0.3) is 0 Å². The van der Waals surface area contributed by atoms with E-state index in [1.807, 2.05) is 5.32 Å². The van der Waals surface area contributed by atoms with Gasteiger partial charge in [-0.15, -0.1) is 0 Å². The third-order valence-electron chi connectivity index (χ3n) is 2.57. The van der Waals surface area contributed by atoms with Crippen molar-refractivity contribution in [1.82, 2.24) is 10.2 Å². The van der Waals surface area contributed by atoms with Crippen LogP contribution in [0.1, 0.15) is 12.8 Å². The van der Waals surface area contributed by atoms with Gasteiger partial charge in [-0.2, -0.15) is 22.0 Å². The molecule has 0 radical (unpaired) electrons. The molecule has 4 nitrogen and oxygen atoms in total. The molecule has 0 fully saturated rings. The molecule has 20 heavy (non-hydrogen) atoms. The average Bonchev–Trinajstić information content (AvgIpc) is 2.24. The first-order valence-electron chi connectivity index (χ1n) is 5.59. The predicted molar refractivity (Wildman–Crippen MR) is 58.3 cm³/mol. The zero-order chi connectivity index (χ0) is 16.2. The van der Waals surface area contributed by atoms with Crippen molar-refractivity contribution in [2.24, 2.45) is 0 Å². The minimum Gasteiger partial charge on any atom is -0.481 e. The standard InChI is InChI=1S/C10H16F6N2O2/c1-18(2)9(13,10(14,15)16)8(11,12)6-17-5-3-4-7(19)20/h17H,3-6H2,1-2H3,(H,19,20). The van der Waals surface area contributed by atoms with Crippen LogP contribution in [0.4, 0.5) is 26.3 Å². The zero-order valence-electron chi connectivity index (χ0n) is 10.9. The predicted octanol–water partition coefficient (Wildman–Crippen LogP) is 1.87. The fraction of sp³-hybridized carbons (Fsp3) is 0.900. The van der Waals surface area contributed by atoms with Gasteiger partial charge in [0.15, 0.2) is 0 Å². The van der Waals surface area contributed by atoms with E-state index in [0.717, 1.165) is 0 Å². The Hall–Kier alpha value is -1.03. The molecule has 1 atom stereocenters. The number of aliphatic carboxylic acids is 1. The number of alkyl halides is 6. The summed E-state index contributed by atoms with van der Waals surface area (Å²) in [5.41, 5.74) is 0. The molecule has 1 unspecified atom stereocenters. The number of rotatable bonds is 8. The molecule has 120 valence electrons. The number of nitrogens with one attached hydrogen (secondary N) is 1. The molecule has 0 aliphatic carbocycles. The van der Waals surface area contributed by atoms with Crippen LogP contribution in [0.15, 0.2) is 0 Å². The van der Waals surface area contributed by atoms with Gasteiger partial charge in [0.05, 0.1) is 6.54 Å². The summed E-state index contributed by atoms with van der Waals surface area (Å²) in [7, 11) is 1.12. The molecule has 0 aliphatic rings. The fourth-order valence-corrected chi connectivity index (χ4v) is 1.52. The highest BCUT2D eigenvalue weighted by Gasteiger charge is 2.72. The lowest BCUT2D eigenvalue weighted by atomic mass is 10.1. The van der Waals surface area contributed by atoms with Gasteiger partial charge in [0.2, 0.25) is 0 Å². The summed E-state index contributed by atoms with van der Waals surface area (Å²) in [5, 5.41) is 10.2. The van der Waals surface area contributed by atoms with Crippen molar-refractivity contribution < 1.29 is 36.2 Å². The molecule has 0 bridgehead atoms. The van der Waals surface area contributed by atoms with Gasteiger partial charge < -0.3 is 10.4 Å². The highest BCUT2D eigenvalue weighted by molar-refractivity contribution is 5.66. The number of hydrogen-bond donors (Lipinski definition) is 2. The summed E-state index contributed by atoms with van der Waals surface area (Å²) in [6.07, 6.45) is -6.16. The largest absolute Gasteiger partial charge is 0.481 e. The van der Waals surface area contributed by atoms with Crippen molar-refractivity contribution in [2.75, 3.05) is 27.2 Å². The lowest BCUT2D eigenvalue weighted by molar-refractivity contribution is -0.345. The Kier molecular flexibility index (Phi) is 6.27. The van der Waals surface area contributed by atoms with E-state index in [1.54, 1.807) is 0 Å². The SMILES string of the molecule is CN(C)C(F)(C(F)(F)F)C(F)(F)CNCCCC(=O)O. The number of carboxylic acids is 1. The van der Waals surface area contributed by atoms with Gasteiger partial charge in [-0.1, -0.05) is 0 Å². The summed E-state index contributed by atoms with van der Waals surface area (Å²) in [4.78, 5) is 9.92. The van der Waals surface area contributed by atoms with Gasteiger partial charge in [-0.25, -0.2) is 4.39 Å². The monoisotopic (exact) mass is 310 g/mol. The molecular weight excluding hydrogens is 294 g/mol. The molecule has 0 amide bonds. The molecule has 0 spiro atoms. The van der Waals surface area contributed by atoms with Gasteiger partial charge in [0, 0.05) is 6.42 Å². The molecule has 0 saturated heterocycles. The van der Waals surface area contributed by atoms with Gasteiger partial charge in [0.25, 0.3) is 0 Å². The molecular formula is C10H16F6N2O2. The molecule has 0 aromatic rings. The Balaban J connectivity index is 4.70. The topological polar surface area (TPSA) is 52.6 Å². The first-order chi connectivity index (χ1) is 8.86. The van der Waals surface area contributed by atoms with E-state index >= 15 is 0 Å². The lowest BCUT2D eigenvalue weighted by Crippen LogP contribution is -2.66. The number of hydrogen-bond acceptors (Lipinski definition) is 3. The number of halogens is 6. The second kappa shape index (κ2) is 6.61. The minimum atomic E-state index is -5.78. The van der Waals surface area contributed by atoms with E-state index in [-0.39, 0.29) is 24.3 Å². The molecule has 2 N–H and O–H groups in total. The maximum atomic E-state index is 13.8. The van der Waals surface area contributed by atoms with E-state index < -0.39 is 30.4 Å².